The first-order chi connectivity index (χ1) is 11.0. The third kappa shape index (κ3) is 3.38. The van der Waals surface area contributed by atoms with Gasteiger partial charge in [0.15, 0.2) is 9.84 Å². The minimum Gasteiger partial charge on any atom is -0.339 e. The van der Waals surface area contributed by atoms with Crippen molar-refractivity contribution in [2.75, 3.05) is 37.7 Å². The van der Waals surface area contributed by atoms with Crippen molar-refractivity contribution in [3.8, 4) is 6.07 Å². The molecule has 1 saturated carbocycles. The first kappa shape index (κ1) is 16.7. The molecule has 0 spiro atoms. The lowest BCUT2D eigenvalue weighted by molar-refractivity contribution is -0.142. The van der Waals surface area contributed by atoms with E-state index < -0.39 is 15.3 Å². The van der Waals surface area contributed by atoms with E-state index in [9.17, 15) is 18.5 Å². The van der Waals surface area contributed by atoms with Gasteiger partial charge < -0.3 is 4.90 Å². The lowest BCUT2D eigenvalue weighted by atomic mass is 9.74. The fourth-order valence-electron chi connectivity index (χ4n) is 4.19. The molecule has 3 rings (SSSR count). The minimum atomic E-state index is -2.87. The summed E-state index contributed by atoms with van der Waals surface area (Å²) >= 11 is 0. The molecule has 2 aliphatic heterocycles. The highest BCUT2D eigenvalue weighted by Gasteiger charge is 2.43. The summed E-state index contributed by atoms with van der Waals surface area (Å²) in [7, 11) is -2.87. The highest BCUT2D eigenvalue weighted by atomic mass is 32.2. The van der Waals surface area contributed by atoms with Gasteiger partial charge in [-0.25, -0.2) is 8.42 Å². The first-order valence-corrected chi connectivity index (χ1v) is 10.4. The molecule has 0 bridgehead atoms. The maximum absolute atomic E-state index is 12.8. The Morgan fingerprint density at radius 1 is 1.09 bits per heavy atom. The Labute approximate surface area is 138 Å². The second-order valence-corrected chi connectivity index (χ2v) is 9.37. The summed E-state index contributed by atoms with van der Waals surface area (Å²) < 4.78 is 23.2. The number of hydrogen-bond acceptors (Lipinski definition) is 5. The van der Waals surface area contributed by atoms with Crippen molar-refractivity contribution in [2.24, 2.45) is 5.41 Å². The van der Waals surface area contributed by atoms with E-state index in [1.807, 2.05) is 4.90 Å². The Morgan fingerprint density at radius 3 is 2.26 bits per heavy atom. The van der Waals surface area contributed by atoms with Crippen LogP contribution < -0.4 is 0 Å². The summed E-state index contributed by atoms with van der Waals surface area (Å²) in [6, 6.07) is 2.42. The minimum absolute atomic E-state index is 0.00149. The molecule has 0 unspecified atom stereocenters. The van der Waals surface area contributed by atoms with Crippen molar-refractivity contribution in [3.63, 3.8) is 0 Å². The molecule has 7 heteroatoms. The van der Waals surface area contributed by atoms with Crippen LogP contribution in [0.15, 0.2) is 0 Å². The monoisotopic (exact) mass is 339 g/mol. The van der Waals surface area contributed by atoms with Gasteiger partial charge >= 0.3 is 0 Å². The number of amides is 1. The van der Waals surface area contributed by atoms with E-state index in [1.54, 1.807) is 0 Å². The van der Waals surface area contributed by atoms with Crippen LogP contribution in [0.3, 0.4) is 0 Å². The summed E-state index contributed by atoms with van der Waals surface area (Å²) in [6.45, 7) is 2.65. The van der Waals surface area contributed by atoms with Crippen LogP contribution >= 0.6 is 0 Å². The topological polar surface area (TPSA) is 81.5 Å². The molecule has 0 aromatic rings. The zero-order valence-electron chi connectivity index (χ0n) is 13.5. The highest BCUT2D eigenvalue weighted by Crippen LogP contribution is 2.37. The van der Waals surface area contributed by atoms with Gasteiger partial charge in [0.1, 0.15) is 5.41 Å². The Bertz CT molecular complexity index is 597. The fraction of sp³-hybridized carbons (Fsp3) is 0.875. The molecule has 1 aliphatic carbocycles. The molecular formula is C16H25N3O3S. The average Bonchev–Trinajstić information content (AvgIpc) is 2.95. The van der Waals surface area contributed by atoms with Crippen LogP contribution in [0.25, 0.3) is 0 Å². The van der Waals surface area contributed by atoms with E-state index in [0.717, 1.165) is 19.3 Å². The maximum atomic E-state index is 12.8. The number of nitriles is 1. The van der Waals surface area contributed by atoms with E-state index in [0.29, 0.717) is 45.4 Å². The molecule has 0 N–H and O–H groups in total. The predicted octanol–water partition coefficient (Wildman–Crippen LogP) is 0.792. The summed E-state index contributed by atoms with van der Waals surface area (Å²) in [5.74, 6) is 0.538. The Hall–Kier alpha value is -1.13. The number of nitrogens with zero attached hydrogens (tertiary/aromatic N) is 3. The van der Waals surface area contributed by atoms with Gasteiger partial charge in [-0.15, -0.1) is 0 Å². The van der Waals surface area contributed by atoms with Crippen molar-refractivity contribution < 1.29 is 13.2 Å². The van der Waals surface area contributed by atoms with E-state index in [4.69, 9.17) is 0 Å². The summed E-state index contributed by atoms with van der Waals surface area (Å²) in [5, 5.41) is 9.55. The molecule has 2 heterocycles. The van der Waals surface area contributed by atoms with Crippen LogP contribution in [-0.4, -0.2) is 67.9 Å². The van der Waals surface area contributed by atoms with Gasteiger partial charge in [0.05, 0.1) is 17.6 Å². The Balaban J connectivity index is 1.58. The van der Waals surface area contributed by atoms with Crippen molar-refractivity contribution in [3.05, 3.63) is 0 Å². The van der Waals surface area contributed by atoms with E-state index in [-0.39, 0.29) is 23.5 Å². The zero-order valence-corrected chi connectivity index (χ0v) is 14.4. The molecule has 1 atom stereocenters. The molecule has 3 fully saturated rings. The third-order valence-electron chi connectivity index (χ3n) is 5.66. The Morgan fingerprint density at radius 2 is 1.74 bits per heavy atom. The molecule has 128 valence electrons. The van der Waals surface area contributed by atoms with Gasteiger partial charge in [0.2, 0.25) is 5.91 Å². The summed E-state index contributed by atoms with van der Waals surface area (Å²) in [4.78, 5) is 16.9. The van der Waals surface area contributed by atoms with Gasteiger partial charge in [-0.2, -0.15) is 5.26 Å². The first-order valence-electron chi connectivity index (χ1n) is 8.61. The molecule has 1 amide bonds. The van der Waals surface area contributed by atoms with Crippen molar-refractivity contribution in [2.45, 2.75) is 44.6 Å². The zero-order chi connectivity index (χ0) is 16.5. The van der Waals surface area contributed by atoms with Crippen LogP contribution in [0.5, 0.6) is 0 Å². The van der Waals surface area contributed by atoms with Crippen LogP contribution in [0.1, 0.15) is 38.5 Å². The molecular weight excluding hydrogens is 314 g/mol. The molecule has 0 aromatic carbocycles. The number of carbonyl (C=O) groups excluding carboxylic acids is 1. The molecule has 0 radical (unpaired) electrons. The number of rotatable bonds is 2. The van der Waals surface area contributed by atoms with Gasteiger partial charge in [-0.1, -0.05) is 19.3 Å². The van der Waals surface area contributed by atoms with E-state index in [1.165, 1.54) is 0 Å². The molecule has 2 saturated heterocycles. The number of sulfone groups is 1. The number of piperazine rings is 1. The van der Waals surface area contributed by atoms with E-state index >= 15 is 0 Å². The molecule has 6 nitrogen and oxygen atoms in total. The van der Waals surface area contributed by atoms with Crippen LogP contribution in [0.2, 0.25) is 0 Å². The fourth-order valence-corrected chi connectivity index (χ4v) is 5.95. The third-order valence-corrected chi connectivity index (χ3v) is 7.41. The van der Waals surface area contributed by atoms with Crippen molar-refractivity contribution >= 4 is 15.7 Å². The average molecular weight is 339 g/mol. The molecule has 23 heavy (non-hydrogen) atoms. The quantitative estimate of drug-likeness (QED) is 0.743. The lowest BCUT2D eigenvalue weighted by Crippen LogP contribution is -2.55. The molecule has 0 aromatic heterocycles. The van der Waals surface area contributed by atoms with Gasteiger partial charge in [0, 0.05) is 32.2 Å². The number of carbonyl (C=O) groups is 1. The normalized spacial score (nSPS) is 30.7. The van der Waals surface area contributed by atoms with Crippen molar-refractivity contribution in [1.29, 1.82) is 5.26 Å². The van der Waals surface area contributed by atoms with Gasteiger partial charge in [-0.3, -0.25) is 9.69 Å². The summed E-state index contributed by atoms with van der Waals surface area (Å²) in [5.41, 5.74) is -0.808. The van der Waals surface area contributed by atoms with Gasteiger partial charge in [0.25, 0.3) is 0 Å². The smallest absolute Gasteiger partial charge is 0.243 e. The maximum Gasteiger partial charge on any atom is 0.243 e. The predicted molar refractivity (Wildman–Crippen MR) is 86.3 cm³/mol. The molecule has 3 aliphatic rings. The highest BCUT2D eigenvalue weighted by molar-refractivity contribution is 7.91. The lowest BCUT2D eigenvalue weighted by Gasteiger charge is -2.41. The van der Waals surface area contributed by atoms with Crippen LogP contribution in [0, 0.1) is 16.7 Å². The summed E-state index contributed by atoms with van der Waals surface area (Å²) in [6.07, 6.45) is 5.10. The SMILES string of the molecule is N#CC1(C(=O)N2CCN([C@H]3CCS(=O)(=O)C3)CC2)CCCCC1. The van der Waals surface area contributed by atoms with Gasteiger partial charge in [-0.05, 0) is 19.3 Å². The standard InChI is InChI=1S/C16H25N3O3S/c17-13-16(5-2-1-3-6-16)15(20)19-9-7-18(8-10-19)14-4-11-23(21,22)12-14/h14H,1-12H2/t14-/m0/s1. The number of hydrogen-bond donors (Lipinski definition) is 0. The Kier molecular flexibility index (Phi) is 4.65. The van der Waals surface area contributed by atoms with Crippen molar-refractivity contribution in [1.82, 2.24) is 9.80 Å². The second kappa shape index (κ2) is 6.40. The van der Waals surface area contributed by atoms with Crippen LogP contribution in [-0.2, 0) is 14.6 Å². The van der Waals surface area contributed by atoms with E-state index in [2.05, 4.69) is 11.0 Å². The largest absolute Gasteiger partial charge is 0.339 e. The second-order valence-electron chi connectivity index (χ2n) is 7.14. The van der Waals surface area contributed by atoms with Crippen LogP contribution in [0.4, 0.5) is 0 Å².